The van der Waals surface area contributed by atoms with E-state index in [0.29, 0.717) is 23.7 Å². The van der Waals surface area contributed by atoms with Crippen molar-refractivity contribution in [3.8, 4) is 0 Å². The second-order valence-electron chi connectivity index (χ2n) is 7.71. The Hall–Kier alpha value is -2.42. The van der Waals surface area contributed by atoms with Gasteiger partial charge in [-0.2, -0.15) is 0 Å². The highest BCUT2D eigenvalue weighted by molar-refractivity contribution is 7.92. The van der Waals surface area contributed by atoms with Crippen molar-refractivity contribution >= 4 is 21.6 Å². The molecule has 7 nitrogen and oxygen atoms in total. The molecule has 0 saturated carbocycles. The molecule has 0 aliphatic carbocycles. The van der Waals surface area contributed by atoms with Gasteiger partial charge in [0.25, 0.3) is 5.91 Å². The molecule has 162 valence electrons. The van der Waals surface area contributed by atoms with E-state index in [1.54, 1.807) is 36.4 Å². The Labute approximate surface area is 178 Å². The smallest absolute Gasteiger partial charge is 0.265 e. The van der Waals surface area contributed by atoms with Crippen LogP contribution in [0.25, 0.3) is 0 Å². The zero-order valence-corrected chi connectivity index (χ0v) is 18.1. The molecule has 1 fully saturated rings. The van der Waals surface area contributed by atoms with Crippen LogP contribution in [0.2, 0.25) is 0 Å². The Kier molecular flexibility index (Phi) is 7.47. The third kappa shape index (κ3) is 5.59. The highest BCUT2D eigenvalue weighted by Gasteiger charge is 2.25. The number of rotatable bonds is 9. The first-order chi connectivity index (χ1) is 14.4. The molecule has 0 unspecified atom stereocenters. The van der Waals surface area contributed by atoms with E-state index in [1.807, 2.05) is 18.2 Å². The first kappa shape index (κ1) is 22.3. The van der Waals surface area contributed by atoms with Crippen LogP contribution in [-0.4, -0.2) is 44.1 Å². The van der Waals surface area contributed by atoms with E-state index in [4.69, 9.17) is 5.84 Å². The molecule has 1 heterocycles. The van der Waals surface area contributed by atoms with Crippen LogP contribution in [0.15, 0.2) is 54.6 Å². The SMILES string of the molecule is C[C@H]1CCCN1CCCS(=O)(=O)N(Cc1ccc(C(=O)NN)cc1)c1ccccc1. The quantitative estimate of drug-likeness (QED) is 0.362. The number of nitrogens with one attached hydrogen (secondary N) is 1. The number of para-hydroxylation sites is 1. The number of hydrogen-bond acceptors (Lipinski definition) is 5. The molecule has 3 N–H and O–H groups in total. The maximum absolute atomic E-state index is 13.2. The first-order valence-electron chi connectivity index (χ1n) is 10.3. The number of sulfonamides is 1. The normalized spacial score (nSPS) is 17.1. The summed E-state index contributed by atoms with van der Waals surface area (Å²) in [4.78, 5) is 14.0. The van der Waals surface area contributed by atoms with Crippen LogP contribution in [0.1, 0.15) is 42.1 Å². The minimum Gasteiger partial charge on any atom is -0.301 e. The number of nitrogens with zero attached hydrogens (tertiary/aromatic N) is 2. The van der Waals surface area contributed by atoms with Crippen molar-refractivity contribution in [2.24, 2.45) is 5.84 Å². The molecule has 2 aromatic carbocycles. The van der Waals surface area contributed by atoms with E-state index in [9.17, 15) is 13.2 Å². The molecule has 0 spiro atoms. The number of hydrazine groups is 1. The van der Waals surface area contributed by atoms with Gasteiger partial charge in [0.05, 0.1) is 18.0 Å². The monoisotopic (exact) mass is 430 g/mol. The van der Waals surface area contributed by atoms with Crippen molar-refractivity contribution < 1.29 is 13.2 Å². The molecular formula is C22H30N4O3S. The van der Waals surface area contributed by atoms with Crippen molar-refractivity contribution in [2.75, 3.05) is 23.1 Å². The highest BCUT2D eigenvalue weighted by atomic mass is 32.2. The van der Waals surface area contributed by atoms with Crippen LogP contribution < -0.4 is 15.6 Å². The molecule has 0 aromatic heterocycles. The van der Waals surface area contributed by atoms with Gasteiger partial charge in [-0.05, 0) is 69.1 Å². The fourth-order valence-electron chi connectivity index (χ4n) is 3.84. The van der Waals surface area contributed by atoms with Gasteiger partial charge in [-0.1, -0.05) is 30.3 Å². The molecule has 1 atom stereocenters. The third-order valence-electron chi connectivity index (χ3n) is 5.59. The summed E-state index contributed by atoms with van der Waals surface area (Å²) in [5, 5.41) is 0. The summed E-state index contributed by atoms with van der Waals surface area (Å²) >= 11 is 0. The number of carbonyl (C=O) groups is 1. The van der Waals surface area contributed by atoms with Crippen LogP contribution >= 0.6 is 0 Å². The average Bonchev–Trinajstić information content (AvgIpc) is 3.17. The van der Waals surface area contributed by atoms with E-state index in [2.05, 4.69) is 17.2 Å². The lowest BCUT2D eigenvalue weighted by Crippen LogP contribution is -2.35. The van der Waals surface area contributed by atoms with Gasteiger partial charge in [-0.15, -0.1) is 0 Å². The second kappa shape index (κ2) is 10.1. The van der Waals surface area contributed by atoms with Gasteiger partial charge in [0.1, 0.15) is 0 Å². The molecule has 8 heteroatoms. The van der Waals surface area contributed by atoms with Crippen molar-refractivity contribution in [1.82, 2.24) is 10.3 Å². The van der Waals surface area contributed by atoms with E-state index < -0.39 is 10.0 Å². The van der Waals surface area contributed by atoms with E-state index in [-0.39, 0.29) is 18.2 Å². The van der Waals surface area contributed by atoms with Gasteiger partial charge < -0.3 is 4.90 Å². The van der Waals surface area contributed by atoms with E-state index in [0.717, 1.165) is 18.7 Å². The van der Waals surface area contributed by atoms with Gasteiger partial charge >= 0.3 is 0 Å². The molecule has 2 aromatic rings. The van der Waals surface area contributed by atoms with Crippen LogP contribution in [0, 0.1) is 0 Å². The number of amides is 1. The van der Waals surface area contributed by atoms with Crippen LogP contribution in [0.4, 0.5) is 5.69 Å². The summed E-state index contributed by atoms with van der Waals surface area (Å²) in [5.74, 6) is 4.88. The molecule has 3 rings (SSSR count). The van der Waals surface area contributed by atoms with Crippen LogP contribution in [0.5, 0.6) is 0 Å². The maximum Gasteiger partial charge on any atom is 0.265 e. The Morgan fingerprint density at radius 2 is 1.87 bits per heavy atom. The number of hydrogen-bond donors (Lipinski definition) is 2. The minimum absolute atomic E-state index is 0.0960. The number of nitrogens with two attached hydrogens (primary N) is 1. The van der Waals surface area contributed by atoms with Gasteiger partial charge in [-0.25, -0.2) is 14.3 Å². The van der Waals surface area contributed by atoms with E-state index >= 15 is 0 Å². The molecule has 1 saturated heterocycles. The third-order valence-corrected chi connectivity index (χ3v) is 7.41. The lowest BCUT2D eigenvalue weighted by molar-refractivity contribution is 0.0953. The number of likely N-dealkylation sites (tertiary alicyclic amines) is 1. The Morgan fingerprint density at radius 1 is 1.17 bits per heavy atom. The summed E-state index contributed by atoms with van der Waals surface area (Å²) in [7, 11) is -3.51. The predicted molar refractivity (Wildman–Crippen MR) is 119 cm³/mol. The summed E-state index contributed by atoms with van der Waals surface area (Å²) in [6.07, 6.45) is 2.97. The zero-order chi connectivity index (χ0) is 21.6. The lowest BCUT2D eigenvalue weighted by Gasteiger charge is -2.26. The van der Waals surface area contributed by atoms with Gasteiger partial charge in [0.15, 0.2) is 0 Å². The van der Waals surface area contributed by atoms with Crippen LogP contribution in [0.3, 0.4) is 0 Å². The number of carbonyl (C=O) groups excluding carboxylic acids is 1. The fourth-order valence-corrected chi connectivity index (χ4v) is 5.34. The van der Waals surface area contributed by atoms with Gasteiger partial charge in [-0.3, -0.25) is 14.5 Å². The highest BCUT2D eigenvalue weighted by Crippen LogP contribution is 2.23. The number of benzene rings is 2. The average molecular weight is 431 g/mol. The topological polar surface area (TPSA) is 95.7 Å². The molecule has 30 heavy (non-hydrogen) atoms. The Bertz CT molecular complexity index is 933. The van der Waals surface area contributed by atoms with Gasteiger partial charge in [0, 0.05) is 11.6 Å². The van der Waals surface area contributed by atoms with Gasteiger partial charge in [0.2, 0.25) is 10.0 Å². The number of nitrogen functional groups attached to an aromatic ring is 1. The summed E-state index contributed by atoms with van der Waals surface area (Å²) in [5.41, 5.74) is 3.95. The molecule has 0 radical (unpaired) electrons. The first-order valence-corrected chi connectivity index (χ1v) is 11.9. The summed E-state index contributed by atoms with van der Waals surface area (Å²) in [6, 6.07) is 16.4. The van der Waals surface area contributed by atoms with Crippen molar-refractivity contribution in [3.63, 3.8) is 0 Å². The largest absolute Gasteiger partial charge is 0.301 e. The minimum atomic E-state index is -3.51. The van der Waals surface area contributed by atoms with Crippen molar-refractivity contribution in [2.45, 2.75) is 38.8 Å². The second-order valence-corrected chi connectivity index (χ2v) is 9.72. The molecule has 1 amide bonds. The summed E-state index contributed by atoms with van der Waals surface area (Å²) in [6.45, 7) is 4.25. The van der Waals surface area contributed by atoms with Crippen molar-refractivity contribution in [3.05, 3.63) is 65.7 Å². The fraction of sp³-hybridized carbons (Fsp3) is 0.409. The Morgan fingerprint density at radius 3 is 2.47 bits per heavy atom. The molecule has 1 aliphatic heterocycles. The predicted octanol–water partition coefficient (Wildman–Crippen LogP) is 2.50. The van der Waals surface area contributed by atoms with Crippen LogP contribution in [-0.2, 0) is 16.6 Å². The molecular weight excluding hydrogens is 400 g/mol. The standard InChI is InChI=1S/C22H30N4O3S/c1-18-7-5-14-25(18)15-6-16-30(28,29)26(21-8-3-2-4-9-21)17-19-10-12-20(13-11-19)22(27)24-23/h2-4,8-13,18H,5-7,14-17,23H2,1H3,(H,24,27)/t18-/m0/s1. The molecule has 0 bridgehead atoms. The Balaban J connectivity index is 1.74. The summed E-state index contributed by atoms with van der Waals surface area (Å²) < 4.78 is 27.9. The van der Waals surface area contributed by atoms with Crippen molar-refractivity contribution in [1.29, 1.82) is 0 Å². The zero-order valence-electron chi connectivity index (χ0n) is 17.3. The maximum atomic E-state index is 13.2. The lowest BCUT2D eigenvalue weighted by atomic mass is 10.1. The number of anilines is 1. The van der Waals surface area contributed by atoms with E-state index in [1.165, 1.54) is 17.1 Å². The molecule has 1 aliphatic rings.